The van der Waals surface area contributed by atoms with Gasteiger partial charge in [0, 0.05) is 39.8 Å². The van der Waals surface area contributed by atoms with Gasteiger partial charge in [-0.25, -0.2) is 4.98 Å². The molecule has 9 rings (SSSR count). The Bertz CT molecular complexity index is 2480. The van der Waals surface area contributed by atoms with Crippen molar-refractivity contribution < 1.29 is 4.42 Å². The van der Waals surface area contributed by atoms with E-state index in [2.05, 4.69) is 131 Å². The maximum Gasteiger partial charge on any atom is 0.160 e. The van der Waals surface area contributed by atoms with Crippen LogP contribution in [0.15, 0.2) is 138 Å². The van der Waals surface area contributed by atoms with E-state index in [1.54, 1.807) is 0 Å². The summed E-state index contributed by atoms with van der Waals surface area (Å²) in [6.07, 6.45) is 0. The molecule has 0 fully saturated rings. The van der Waals surface area contributed by atoms with Crippen LogP contribution in [0, 0.1) is 0 Å². The van der Waals surface area contributed by atoms with Gasteiger partial charge in [-0.05, 0) is 53.6 Å². The summed E-state index contributed by atoms with van der Waals surface area (Å²) in [6.45, 7) is 0. The van der Waals surface area contributed by atoms with E-state index in [4.69, 9.17) is 9.40 Å². The molecule has 0 saturated heterocycles. The highest BCUT2D eigenvalue weighted by molar-refractivity contribution is 6.21. The van der Waals surface area contributed by atoms with Gasteiger partial charge in [-0.15, -0.1) is 0 Å². The zero-order valence-corrected chi connectivity index (χ0v) is 23.0. The Kier molecular flexibility index (Phi) is 4.79. The molecule has 0 N–H and O–H groups in total. The van der Waals surface area contributed by atoms with Crippen LogP contribution < -0.4 is 0 Å². The molecular weight excluding hydrogens is 514 g/mol. The molecule has 3 heterocycles. The minimum Gasteiger partial charge on any atom is -0.454 e. The minimum absolute atomic E-state index is 0.907. The first-order valence-corrected chi connectivity index (χ1v) is 14.2. The minimum atomic E-state index is 0.907. The highest BCUT2D eigenvalue weighted by atomic mass is 16.3. The van der Waals surface area contributed by atoms with Crippen LogP contribution in [0.2, 0.25) is 0 Å². The van der Waals surface area contributed by atoms with Crippen LogP contribution in [0.25, 0.3) is 83.0 Å². The zero-order valence-electron chi connectivity index (χ0n) is 23.0. The molecule has 198 valence electrons. The normalized spacial score (nSPS) is 11.9. The van der Waals surface area contributed by atoms with Gasteiger partial charge >= 0.3 is 0 Å². The van der Waals surface area contributed by atoms with Crippen LogP contribution in [-0.2, 0) is 7.05 Å². The van der Waals surface area contributed by atoms with E-state index in [0.29, 0.717) is 0 Å². The van der Waals surface area contributed by atoms with Crippen molar-refractivity contribution in [2.45, 2.75) is 0 Å². The highest BCUT2D eigenvalue weighted by Crippen LogP contribution is 2.40. The van der Waals surface area contributed by atoms with Crippen molar-refractivity contribution in [2.24, 2.45) is 7.05 Å². The van der Waals surface area contributed by atoms with E-state index < -0.39 is 0 Å². The van der Waals surface area contributed by atoms with Crippen LogP contribution in [0.1, 0.15) is 0 Å². The van der Waals surface area contributed by atoms with Crippen molar-refractivity contribution >= 4 is 54.8 Å². The predicted molar refractivity (Wildman–Crippen MR) is 173 cm³/mol. The Hall–Kier alpha value is -5.61. The van der Waals surface area contributed by atoms with Gasteiger partial charge in [0.25, 0.3) is 0 Å². The number of furan rings is 1. The number of hydrogen-bond acceptors (Lipinski definition) is 2. The molecule has 0 atom stereocenters. The largest absolute Gasteiger partial charge is 0.454 e. The lowest BCUT2D eigenvalue weighted by Gasteiger charge is -2.11. The molecular formula is C38H25N3O. The molecule has 0 amide bonds. The molecule has 9 aromatic rings. The number of rotatable bonds is 3. The Morgan fingerprint density at radius 2 is 1.29 bits per heavy atom. The van der Waals surface area contributed by atoms with E-state index in [9.17, 15) is 0 Å². The van der Waals surface area contributed by atoms with Crippen molar-refractivity contribution in [1.82, 2.24) is 14.1 Å². The van der Waals surface area contributed by atoms with Crippen molar-refractivity contribution in [1.29, 1.82) is 0 Å². The zero-order chi connectivity index (χ0) is 27.8. The first-order valence-electron chi connectivity index (χ1n) is 14.2. The second-order valence-electron chi connectivity index (χ2n) is 10.9. The van der Waals surface area contributed by atoms with Crippen LogP contribution in [0.5, 0.6) is 0 Å². The standard InChI is InChI=1S/C38H25N3O/c1-40-34-23-26(18-21-32(34)39-38(40)24-10-3-2-4-11-24)25-12-9-13-27(22-25)41-33-16-7-5-14-28(33)30-19-20-31-29-15-6-8-17-35(29)42-37(31)36(30)41/h2-23H,1H3. The first-order chi connectivity index (χ1) is 20.7. The van der Waals surface area contributed by atoms with E-state index >= 15 is 0 Å². The fraction of sp³-hybridized carbons (Fsp3) is 0.0263. The number of aryl methyl sites for hydroxylation is 1. The van der Waals surface area contributed by atoms with Crippen molar-refractivity contribution in [3.05, 3.63) is 133 Å². The summed E-state index contributed by atoms with van der Waals surface area (Å²) in [5, 5.41) is 4.67. The second-order valence-corrected chi connectivity index (χ2v) is 10.9. The molecule has 0 aliphatic heterocycles. The lowest BCUT2D eigenvalue weighted by molar-refractivity contribution is 0.671. The van der Waals surface area contributed by atoms with Gasteiger partial charge in [-0.2, -0.15) is 0 Å². The topological polar surface area (TPSA) is 35.9 Å². The number of benzene rings is 6. The molecule has 0 spiro atoms. The number of fused-ring (bicyclic) bond motifs is 8. The molecule has 6 aromatic carbocycles. The third-order valence-corrected chi connectivity index (χ3v) is 8.53. The van der Waals surface area contributed by atoms with Gasteiger partial charge in [0.1, 0.15) is 11.4 Å². The van der Waals surface area contributed by atoms with Gasteiger partial charge in [-0.1, -0.05) is 91.0 Å². The van der Waals surface area contributed by atoms with E-state index in [1.165, 1.54) is 10.8 Å². The van der Waals surface area contributed by atoms with Crippen LogP contribution >= 0.6 is 0 Å². The highest BCUT2D eigenvalue weighted by Gasteiger charge is 2.19. The quantitative estimate of drug-likeness (QED) is 0.224. The van der Waals surface area contributed by atoms with Gasteiger partial charge in [-0.3, -0.25) is 0 Å². The summed E-state index contributed by atoms with van der Waals surface area (Å²) in [5.74, 6) is 0.969. The summed E-state index contributed by atoms with van der Waals surface area (Å²) < 4.78 is 11.1. The van der Waals surface area contributed by atoms with Gasteiger partial charge in [0.2, 0.25) is 0 Å². The molecule has 42 heavy (non-hydrogen) atoms. The number of aromatic nitrogens is 3. The molecule has 0 radical (unpaired) electrons. The summed E-state index contributed by atoms with van der Waals surface area (Å²) >= 11 is 0. The average molecular weight is 540 g/mol. The molecule has 0 unspecified atom stereocenters. The lowest BCUT2D eigenvalue weighted by atomic mass is 10.0. The lowest BCUT2D eigenvalue weighted by Crippen LogP contribution is -1.95. The molecule has 3 aromatic heterocycles. The Balaban J connectivity index is 1.27. The molecule has 0 saturated carbocycles. The summed E-state index contributed by atoms with van der Waals surface area (Å²) in [6, 6.07) is 47.0. The van der Waals surface area contributed by atoms with Gasteiger partial charge in [0.05, 0.1) is 22.1 Å². The molecule has 0 bridgehead atoms. The summed E-state index contributed by atoms with van der Waals surface area (Å²) in [7, 11) is 2.09. The Morgan fingerprint density at radius 3 is 2.19 bits per heavy atom. The number of imidazole rings is 1. The summed E-state index contributed by atoms with van der Waals surface area (Å²) in [5.41, 5.74) is 10.7. The summed E-state index contributed by atoms with van der Waals surface area (Å²) in [4.78, 5) is 4.94. The molecule has 4 nitrogen and oxygen atoms in total. The van der Waals surface area contributed by atoms with E-state index in [0.717, 1.165) is 72.2 Å². The number of nitrogens with zero attached hydrogens (tertiary/aromatic N) is 3. The SMILES string of the molecule is Cn1c(-c2ccccc2)nc2ccc(-c3cccc(-n4c5ccccc5c5ccc6c7ccccc7oc6c54)c3)cc21. The third kappa shape index (κ3) is 3.26. The molecule has 4 heteroatoms. The average Bonchev–Trinajstić information content (AvgIpc) is 3.70. The third-order valence-electron chi connectivity index (χ3n) is 8.53. The fourth-order valence-corrected chi connectivity index (χ4v) is 6.54. The second kappa shape index (κ2) is 8.69. The van der Waals surface area contributed by atoms with Crippen LogP contribution in [0.4, 0.5) is 0 Å². The smallest absolute Gasteiger partial charge is 0.160 e. The van der Waals surface area contributed by atoms with Crippen LogP contribution in [0.3, 0.4) is 0 Å². The van der Waals surface area contributed by atoms with Crippen molar-refractivity contribution in [3.63, 3.8) is 0 Å². The van der Waals surface area contributed by atoms with E-state index in [1.807, 2.05) is 18.2 Å². The number of para-hydroxylation sites is 2. The number of hydrogen-bond donors (Lipinski definition) is 0. The fourth-order valence-electron chi connectivity index (χ4n) is 6.54. The van der Waals surface area contributed by atoms with Crippen molar-refractivity contribution in [2.75, 3.05) is 0 Å². The Labute approximate surface area is 241 Å². The predicted octanol–water partition coefficient (Wildman–Crippen LogP) is 9.90. The van der Waals surface area contributed by atoms with E-state index in [-0.39, 0.29) is 0 Å². The van der Waals surface area contributed by atoms with Gasteiger partial charge < -0.3 is 13.6 Å². The van der Waals surface area contributed by atoms with Crippen LogP contribution in [-0.4, -0.2) is 14.1 Å². The van der Waals surface area contributed by atoms with Crippen molar-refractivity contribution in [3.8, 4) is 28.2 Å². The van der Waals surface area contributed by atoms with Gasteiger partial charge in [0.15, 0.2) is 5.58 Å². The first kappa shape index (κ1) is 23.1. The monoisotopic (exact) mass is 539 g/mol. The maximum atomic E-state index is 6.54. The maximum absolute atomic E-state index is 6.54. The molecule has 0 aliphatic rings. The Morgan fingerprint density at radius 1 is 0.548 bits per heavy atom. The molecule has 0 aliphatic carbocycles.